The van der Waals surface area contributed by atoms with Gasteiger partial charge in [0.1, 0.15) is 0 Å². The van der Waals surface area contributed by atoms with Crippen LogP contribution in [-0.2, 0) is 11.2 Å². The summed E-state index contributed by atoms with van der Waals surface area (Å²) in [6, 6.07) is 23.8. The zero-order valence-electron chi connectivity index (χ0n) is 14.3. The van der Waals surface area contributed by atoms with E-state index in [1.807, 2.05) is 85.9 Å². The van der Waals surface area contributed by atoms with Crippen molar-refractivity contribution in [2.24, 2.45) is 0 Å². The molecule has 0 fully saturated rings. The monoisotopic (exact) mass is 330 g/mol. The molecular formula is C22H22N2O. The second kappa shape index (κ2) is 8.25. The van der Waals surface area contributed by atoms with Crippen LogP contribution >= 0.6 is 0 Å². The summed E-state index contributed by atoms with van der Waals surface area (Å²) >= 11 is 0. The molecule has 3 nitrogen and oxygen atoms in total. The van der Waals surface area contributed by atoms with Gasteiger partial charge in [0.05, 0.1) is 12.0 Å². The van der Waals surface area contributed by atoms with Gasteiger partial charge in [0, 0.05) is 12.4 Å². The van der Waals surface area contributed by atoms with E-state index in [1.165, 1.54) is 0 Å². The average Bonchev–Trinajstić information content (AvgIpc) is 2.68. The number of aromatic nitrogens is 1. The van der Waals surface area contributed by atoms with E-state index in [0.717, 1.165) is 16.7 Å². The standard InChI is InChI=1S/C22H22N2O/c1-17(19-10-4-2-5-11-19)24-22(25)21(20-12-6-3-7-13-20)15-18-9-8-14-23-16-18/h2-14,16-17,21H,15H2,1H3,(H,24,25). The van der Waals surface area contributed by atoms with Crippen LogP contribution < -0.4 is 5.32 Å². The Morgan fingerprint density at radius 1 is 0.920 bits per heavy atom. The smallest absolute Gasteiger partial charge is 0.228 e. The highest BCUT2D eigenvalue weighted by molar-refractivity contribution is 5.84. The molecule has 3 rings (SSSR count). The lowest BCUT2D eigenvalue weighted by molar-refractivity contribution is -0.123. The van der Waals surface area contributed by atoms with Crippen LogP contribution in [-0.4, -0.2) is 10.9 Å². The molecule has 1 N–H and O–H groups in total. The second-order valence-electron chi connectivity index (χ2n) is 6.17. The molecule has 1 heterocycles. The number of benzene rings is 2. The maximum absolute atomic E-state index is 13.0. The fourth-order valence-corrected chi connectivity index (χ4v) is 2.94. The first kappa shape index (κ1) is 16.9. The number of carbonyl (C=O) groups is 1. The van der Waals surface area contributed by atoms with Gasteiger partial charge in [0.25, 0.3) is 0 Å². The Hall–Kier alpha value is -2.94. The highest BCUT2D eigenvalue weighted by atomic mass is 16.1. The summed E-state index contributed by atoms with van der Waals surface area (Å²) in [7, 11) is 0. The first-order valence-electron chi connectivity index (χ1n) is 8.53. The van der Waals surface area contributed by atoms with Crippen molar-refractivity contribution in [3.8, 4) is 0 Å². The molecule has 3 heteroatoms. The van der Waals surface area contributed by atoms with Crippen LogP contribution in [0.5, 0.6) is 0 Å². The van der Waals surface area contributed by atoms with Gasteiger partial charge in [-0.15, -0.1) is 0 Å². The van der Waals surface area contributed by atoms with E-state index in [9.17, 15) is 4.79 Å². The minimum atomic E-state index is -0.239. The molecule has 0 bridgehead atoms. The molecule has 1 aromatic heterocycles. The summed E-state index contributed by atoms with van der Waals surface area (Å²) in [4.78, 5) is 17.2. The number of hydrogen-bond donors (Lipinski definition) is 1. The molecule has 3 aromatic rings. The Kier molecular flexibility index (Phi) is 5.57. The number of nitrogens with zero attached hydrogens (tertiary/aromatic N) is 1. The fraction of sp³-hybridized carbons (Fsp3) is 0.182. The molecule has 2 aromatic carbocycles. The summed E-state index contributed by atoms with van der Waals surface area (Å²) < 4.78 is 0. The number of pyridine rings is 1. The SMILES string of the molecule is CC(NC(=O)C(Cc1cccnc1)c1ccccc1)c1ccccc1. The second-order valence-corrected chi connectivity index (χ2v) is 6.17. The Labute approximate surface area is 148 Å². The average molecular weight is 330 g/mol. The van der Waals surface area contributed by atoms with Gasteiger partial charge in [-0.25, -0.2) is 0 Å². The van der Waals surface area contributed by atoms with Crippen LogP contribution in [0.4, 0.5) is 0 Å². The molecule has 1 amide bonds. The van der Waals surface area contributed by atoms with Crippen molar-refractivity contribution in [2.45, 2.75) is 25.3 Å². The first-order valence-corrected chi connectivity index (χ1v) is 8.53. The predicted octanol–water partition coefficient (Wildman–Crippen LogP) is 4.29. The lowest BCUT2D eigenvalue weighted by Crippen LogP contribution is -2.32. The normalized spacial score (nSPS) is 13.0. The third-order valence-electron chi connectivity index (χ3n) is 4.34. The van der Waals surface area contributed by atoms with Crippen molar-refractivity contribution in [1.82, 2.24) is 10.3 Å². The summed E-state index contributed by atoms with van der Waals surface area (Å²) in [5.41, 5.74) is 3.17. The van der Waals surface area contributed by atoms with Crippen LogP contribution in [0.2, 0.25) is 0 Å². The van der Waals surface area contributed by atoms with Crippen molar-refractivity contribution in [3.63, 3.8) is 0 Å². The topological polar surface area (TPSA) is 42.0 Å². The quantitative estimate of drug-likeness (QED) is 0.733. The van der Waals surface area contributed by atoms with E-state index in [1.54, 1.807) is 6.20 Å². The maximum Gasteiger partial charge on any atom is 0.228 e. The molecule has 0 aliphatic carbocycles. The van der Waals surface area contributed by atoms with E-state index in [4.69, 9.17) is 0 Å². The van der Waals surface area contributed by atoms with Gasteiger partial charge in [-0.05, 0) is 36.1 Å². The van der Waals surface area contributed by atoms with Crippen molar-refractivity contribution in [3.05, 3.63) is 102 Å². The third-order valence-corrected chi connectivity index (χ3v) is 4.34. The van der Waals surface area contributed by atoms with E-state index in [0.29, 0.717) is 6.42 Å². The zero-order valence-corrected chi connectivity index (χ0v) is 14.3. The van der Waals surface area contributed by atoms with Gasteiger partial charge in [-0.3, -0.25) is 9.78 Å². The number of amides is 1. The number of nitrogens with one attached hydrogen (secondary N) is 1. The molecule has 0 aliphatic rings. The molecule has 25 heavy (non-hydrogen) atoms. The number of carbonyl (C=O) groups excluding carboxylic acids is 1. The fourth-order valence-electron chi connectivity index (χ4n) is 2.94. The van der Waals surface area contributed by atoms with Gasteiger partial charge >= 0.3 is 0 Å². The summed E-state index contributed by atoms with van der Waals surface area (Å²) in [5.74, 6) is -0.206. The van der Waals surface area contributed by atoms with Crippen LogP contribution in [0, 0.1) is 0 Å². The highest BCUT2D eigenvalue weighted by Crippen LogP contribution is 2.22. The van der Waals surface area contributed by atoms with Crippen molar-refractivity contribution >= 4 is 5.91 Å². The Morgan fingerprint density at radius 2 is 1.56 bits per heavy atom. The third kappa shape index (κ3) is 4.54. The largest absolute Gasteiger partial charge is 0.349 e. The summed E-state index contributed by atoms with van der Waals surface area (Å²) in [6.45, 7) is 2.01. The molecule has 0 spiro atoms. The Balaban J connectivity index is 1.80. The highest BCUT2D eigenvalue weighted by Gasteiger charge is 2.22. The minimum absolute atomic E-state index is 0.0335. The van der Waals surface area contributed by atoms with Crippen LogP contribution in [0.15, 0.2) is 85.2 Å². The maximum atomic E-state index is 13.0. The van der Waals surface area contributed by atoms with E-state index < -0.39 is 0 Å². The molecular weight excluding hydrogens is 308 g/mol. The Morgan fingerprint density at radius 3 is 2.16 bits per heavy atom. The zero-order chi connectivity index (χ0) is 17.5. The molecule has 0 saturated carbocycles. The summed E-state index contributed by atoms with van der Waals surface area (Å²) in [6.07, 6.45) is 4.20. The van der Waals surface area contributed by atoms with Gasteiger partial charge in [0.2, 0.25) is 5.91 Å². The van der Waals surface area contributed by atoms with Crippen molar-refractivity contribution in [2.75, 3.05) is 0 Å². The minimum Gasteiger partial charge on any atom is -0.349 e. The van der Waals surface area contributed by atoms with Gasteiger partial charge < -0.3 is 5.32 Å². The van der Waals surface area contributed by atoms with Gasteiger partial charge in [-0.2, -0.15) is 0 Å². The van der Waals surface area contributed by atoms with Gasteiger partial charge in [-0.1, -0.05) is 66.7 Å². The molecule has 126 valence electrons. The van der Waals surface area contributed by atoms with E-state index in [-0.39, 0.29) is 17.9 Å². The lowest BCUT2D eigenvalue weighted by atomic mass is 9.91. The molecule has 2 atom stereocenters. The Bertz CT molecular complexity index is 788. The van der Waals surface area contributed by atoms with Crippen molar-refractivity contribution in [1.29, 1.82) is 0 Å². The molecule has 0 radical (unpaired) electrons. The molecule has 0 saturated heterocycles. The van der Waals surface area contributed by atoms with Crippen LogP contribution in [0.3, 0.4) is 0 Å². The van der Waals surface area contributed by atoms with Crippen molar-refractivity contribution < 1.29 is 4.79 Å². The molecule has 2 unspecified atom stereocenters. The van der Waals surface area contributed by atoms with E-state index >= 15 is 0 Å². The first-order chi connectivity index (χ1) is 12.2. The summed E-state index contributed by atoms with van der Waals surface area (Å²) in [5, 5.41) is 3.16. The number of rotatable bonds is 6. The lowest BCUT2D eigenvalue weighted by Gasteiger charge is -2.21. The van der Waals surface area contributed by atoms with Crippen LogP contribution in [0.25, 0.3) is 0 Å². The molecule has 0 aliphatic heterocycles. The van der Waals surface area contributed by atoms with E-state index in [2.05, 4.69) is 10.3 Å². The number of hydrogen-bond acceptors (Lipinski definition) is 2. The van der Waals surface area contributed by atoms with Gasteiger partial charge in [0.15, 0.2) is 0 Å². The van der Waals surface area contributed by atoms with Crippen LogP contribution in [0.1, 0.15) is 35.6 Å². The predicted molar refractivity (Wildman–Crippen MR) is 100 cm³/mol.